The Morgan fingerprint density at radius 3 is 2.77 bits per heavy atom. The molecule has 1 N–H and O–H groups in total. The van der Waals surface area contributed by atoms with Gasteiger partial charge in [-0.2, -0.15) is 0 Å². The van der Waals surface area contributed by atoms with E-state index in [9.17, 15) is 9.59 Å². The molecule has 0 saturated heterocycles. The number of carboxylic acids is 1. The molecule has 0 radical (unpaired) electrons. The molecule has 0 aromatic carbocycles. The standard InChI is InChI=1S/C8H15NO4/c1-2-3-6-13-9(7-10)5-4-8(11)12/h7H,2-6H2,1H3,(H,11,12). The molecule has 76 valence electrons. The zero-order valence-corrected chi connectivity index (χ0v) is 7.73. The Labute approximate surface area is 77.2 Å². The molecule has 0 bridgehead atoms. The van der Waals surface area contributed by atoms with Crippen molar-refractivity contribution >= 4 is 12.4 Å². The molecule has 5 heteroatoms. The molecule has 0 atom stereocenters. The lowest BCUT2D eigenvalue weighted by atomic mass is 10.4. The normalized spacial score (nSPS) is 9.62. The summed E-state index contributed by atoms with van der Waals surface area (Å²) in [4.78, 5) is 25.5. The number of hydroxylamine groups is 2. The second-order valence-electron chi connectivity index (χ2n) is 2.58. The highest BCUT2D eigenvalue weighted by atomic mass is 16.7. The van der Waals surface area contributed by atoms with Crippen molar-refractivity contribution in [1.29, 1.82) is 0 Å². The van der Waals surface area contributed by atoms with Crippen LogP contribution in [-0.4, -0.2) is 35.7 Å². The monoisotopic (exact) mass is 189 g/mol. The number of nitrogens with zero attached hydrogens (tertiary/aromatic N) is 1. The lowest BCUT2D eigenvalue weighted by Crippen LogP contribution is -2.25. The smallest absolute Gasteiger partial charge is 0.305 e. The Morgan fingerprint density at radius 1 is 1.62 bits per heavy atom. The third-order valence-electron chi connectivity index (χ3n) is 1.42. The maximum atomic E-state index is 10.3. The van der Waals surface area contributed by atoms with Crippen LogP contribution >= 0.6 is 0 Å². The van der Waals surface area contributed by atoms with Crippen LogP contribution in [-0.2, 0) is 14.4 Å². The van der Waals surface area contributed by atoms with Crippen LogP contribution < -0.4 is 0 Å². The maximum Gasteiger partial charge on any atom is 0.305 e. The van der Waals surface area contributed by atoms with Crippen LogP contribution in [0.2, 0.25) is 0 Å². The largest absolute Gasteiger partial charge is 0.481 e. The van der Waals surface area contributed by atoms with Crippen molar-refractivity contribution in [1.82, 2.24) is 5.06 Å². The van der Waals surface area contributed by atoms with E-state index in [4.69, 9.17) is 9.94 Å². The maximum absolute atomic E-state index is 10.3. The Hall–Kier alpha value is -1.10. The van der Waals surface area contributed by atoms with E-state index in [1.54, 1.807) is 0 Å². The van der Waals surface area contributed by atoms with Gasteiger partial charge in [0.15, 0.2) is 0 Å². The van der Waals surface area contributed by atoms with Gasteiger partial charge in [-0.15, -0.1) is 0 Å². The highest BCUT2D eigenvalue weighted by Crippen LogP contribution is 1.93. The van der Waals surface area contributed by atoms with Crippen LogP contribution in [0.5, 0.6) is 0 Å². The molecule has 0 rings (SSSR count). The van der Waals surface area contributed by atoms with Gasteiger partial charge in [0.05, 0.1) is 19.6 Å². The Bertz CT molecular complexity index is 160. The summed E-state index contributed by atoms with van der Waals surface area (Å²) in [5.74, 6) is -0.939. The second-order valence-corrected chi connectivity index (χ2v) is 2.58. The summed E-state index contributed by atoms with van der Waals surface area (Å²) in [7, 11) is 0. The summed E-state index contributed by atoms with van der Waals surface area (Å²) in [6, 6.07) is 0. The zero-order chi connectivity index (χ0) is 10.1. The van der Waals surface area contributed by atoms with Crippen LogP contribution in [0.15, 0.2) is 0 Å². The van der Waals surface area contributed by atoms with Crippen LogP contribution in [0.4, 0.5) is 0 Å². The van der Waals surface area contributed by atoms with Gasteiger partial charge >= 0.3 is 5.97 Å². The van der Waals surface area contributed by atoms with Crippen LogP contribution in [0.3, 0.4) is 0 Å². The summed E-state index contributed by atoms with van der Waals surface area (Å²) in [5, 5.41) is 9.35. The van der Waals surface area contributed by atoms with Gasteiger partial charge in [-0.1, -0.05) is 13.3 Å². The first kappa shape index (κ1) is 11.9. The predicted molar refractivity (Wildman–Crippen MR) is 45.9 cm³/mol. The van der Waals surface area contributed by atoms with Crippen molar-refractivity contribution in [2.75, 3.05) is 13.2 Å². The average Bonchev–Trinajstić information content (AvgIpc) is 2.10. The van der Waals surface area contributed by atoms with E-state index in [0.29, 0.717) is 13.0 Å². The van der Waals surface area contributed by atoms with Gasteiger partial charge < -0.3 is 5.11 Å². The molecule has 0 fully saturated rings. The van der Waals surface area contributed by atoms with E-state index in [-0.39, 0.29) is 13.0 Å². The van der Waals surface area contributed by atoms with Gasteiger partial charge in [-0.25, -0.2) is 5.06 Å². The summed E-state index contributed by atoms with van der Waals surface area (Å²) in [6.45, 7) is 2.56. The minimum Gasteiger partial charge on any atom is -0.481 e. The van der Waals surface area contributed by atoms with Crippen LogP contribution in [0.1, 0.15) is 26.2 Å². The second kappa shape index (κ2) is 7.54. The van der Waals surface area contributed by atoms with Gasteiger partial charge in [-0.3, -0.25) is 14.4 Å². The van der Waals surface area contributed by atoms with Gasteiger partial charge in [0, 0.05) is 0 Å². The SMILES string of the molecule is CCCCON(C=O)CCC(=O)O. The van der Waals surface area contributed by atoms with Crippen molar-refractivity contribution in [2.24, 2.45) is 0 Å². The third-order valence-corrected chi connectivity index (χ3v) is 1.42. The highest BCUT2D eigenvalue weighted by molar-refractivity contribution is 5.67. The van der Waals surface area contributed by atoms with Crippen molar-refractivity contribution in [2.45, 2.75) is 26.2 Å². The van der Waals surface area contributed by atoms with Crippen molar-refractivity contribution in [3.63, 3.8) is 0 Å². The van der Waals surface area contributed by atoms with E-state index in [0.717, 1.165) is 17.9 Å². The molecule has 0 aliphatic heterocycles. The number of carbonyl (C=O) groups excluding carboxylic acids is 1. The minimum atomic E-state index is -0.939. The molecule has 13 heavy (non-hydrogen) atoms. The molecule has 5 nitrogen and oxygen atoms in total. The summed E-state index contributed by atoms with van der Waals surface area (Å²) < 4.78 is 0. The fraction of sp³-hybridized carbons (Fsp3) is 0.750. The Kier molecular flexibility index (Phi) is 6.91. The van der Waals surface area contributed by atoms with E-state index < -0.39 is 5.97 Å². The first-order chi connectivity index (χ1) is 6.20. The first-order valence-electron chi connectivity index (χ1n) is 4.27. The van der Waals surface area contributed by atoms with Crippen LogP contribution in [0.25, 0.3) is 0 Å². The zero-order valence-electron chi connectivity index (χ0n) is 7.73. The number of rotatable bonds is 8. The lowest BCUT2D eigenvalue weighted by molar-refractivity contribution is -0.174. The molecule has 0 aliphatic carbocycles. The quantitative estimate of drug-likeness (QED) is 0.346. The molecular weight excluding hydrogens is 174 g/mol. The van der Waals surface area contributed by atoms with Crippen LogP contribution in [0, 0.1) is 0 Å². The Morgan fingerprint density at radius 2 is 2.31 bits per heavy atom. The molecule has 0 aliphatic rings. The molecule has 0 spiro atoms. The van der Waals surface area contributed by atoms with Gasteiger partial charge in [-0.05, 0) is 6.42 Å². The molecule has 0 aromatic rings. The number of hydrogen-bond acceptors (Lipinski definition) is 3. The fourth-order valence-electron chi connectivity index (χ4n) is 0.680. The predicted octanol–water partition coefficient (Wildman–Crippen LogP) is 0.651. The number of amides is 1. The highest BCUT2D eigenvalue weighted by Gasteiger charge is 2.04. The fourth-order valence-corrected chi connectivity index (χ4v) is 0.680. The Balaban J connectivity index is 3.51. The summed E-state index contributed by atoms with van der Waals surface area (Å²) >= 11 is 0. The lowest BCUT2D eigenvalue weighted by Gasteiger charge is -2.14. The van der Waals surface area contributed by atoms with Gasteiger partial charge in [0.1, 0.15) is 0 Å². The van der Waals surface area contributed by atoms with E-state index >= 15 is 0 Å². The first-order valence-corrected chi connectivity index (χ1v) is 4.27. The molecule has 1 amide bonds. The molecular formula is C8H15NO4. The van der Waals surface area contributed by atoms with Crippen molar-refractivity contribution in [3.8, 4) is 0 Å². The molecule has 0 unspecified atom stereocenters. The molecule has 0 aromatic heterocycles. The number of carboxylic acid groups (broad SMARTS) is 1. The summed E-state index contributed by atoms with van der Waals surface area (Å²) in [5.41, 5.74) is 0. The van der Waals surface area contributed by atoms with Gasteiger partial charge in [0.2, 0.25) is 6.41 Å². The molecule has 0 saturated carbocycles. The number of unbranched alkanes of at least 4 members (excludes halogenated alkanes) is 1. The average molecular weight is 189 g/mol. The van der Waals surface area contributed by atoms with Gasteiger partial charge in [0.25, 0.3) is 0 Å². The third kappa shape index (κ3) is 7.27. The van der Waals surface area contributed by atoms with Crippen molar-refractivity contribution in [3.05, 3.63) is 0 Å². The van der Waals surface area contributed by atoms with E-state index in [1.165, 1.54) is 0 Å². The van der Waals surface area contributed by atoms with E-state index in [1.807, 2.05) is 6.92 Å². The minimum absolute atomic E-state index is 0.0924. The van der Waals surface area contributed by atoms with E-state index in [2.05, 4.69) is 0 Å². The number of carbonyl (C=O) groups is 2. The number of aliphatic carboxylic acids is 1. The summed E-state index contributed by atoms with van der Waals surface area (Å²) in [6.07, 6.45) is 2.24. The topological polar surface area (TPSA) is 66.8 Å². The number of hydrogen-bond donors (Lipinski definition) is 1. The molecule has 0 heterocycles. The van der Waals surface area contributed by atoms with Crippen molar-refractivity contribution < 1.29 is 19.5 Å².